The van der Waals surface area contributed by atoms with Gasteiger partial charge in [-0.3, -0.25) is 14.8 Å². The molecule has 260 valence electrons. The van der Waals surface area contributed by atoms with E-state index in [1.165, 1.54) is 38.7 Å². The van der Waals surface area contributed by atoms with Crippen LogP contribution >= 0.6 is 0 Å². The molecular weight excluding hydrogens is 634 g/mol. The van der Waals surface area contributed by atoms with Gasteiger partial charge < -0.3 is 40.2 Å². The van der Waals surface area contributed by atoms with Gasteiger partial charge in [0.05, 0.1) is 42.8 Å². The molecule has 0 unspecified atom stereocenters. The Morgan fingerprint density at radius 1 is 0.837 bits per heavy atom. The number of halogens is 2. The molecule has 0 aliphatic heterocycles. The lowest BCUT2D eigenvalue weighted by Gasteiger charge is -2.19. The van der Waals surface area contributed by atoms with Crippen LogP contribution in [0.3, 0.4) is 0 Å². The van der Waals surface area contributed by atoms with Gasteiger partial charge in [0.1, 0.15) is 11.3 Å². The van der Waals surface area contributed by atoms with Gasteiger partial charge in [0, 0.05) is 56.4 Å². The third kappa shape index (κ3) is 9.43. The number of methoxy groups -OCH3 is 2. The quantitative estimate of drug-likeness (QED) is 0.174. The zero-order valence-corrected chi connectivity index (χ0v) is 28.7. The first-order valence-electron chi connectivity index (χ1n) is 15.3. The van der Waals surface area contributed by atoms with Crippen LogP contribution in [0.15, 0.2) is 55.1 Å². The summed E-state index contributed by atoms with van der Waals surface area (Å²) in [6.07, 6.45) is 6.25. The Morgan fingerprint density at radius 3 is 2.06 bits per heavy atom. The van der Waals surface area contributed by atoms with Gasteiger partial charge in [0.2, 0.25) is 0 Å². The van der Waals surface area contributed by atoms with Crippen molar-refractivity contribution in [3.63, 3.8) is 0 Å². The molecule has 0 radical (unpaired) electrons. The summed E-state index contributed by atoms with van der Waals surface area (Å²) in [6, 6.07) is 7.62. The predicted molar refractivity (Wildman–Crippen MR) is 185 cm³/mol. The van der Waals surface area contributed by atoms with E-state index in [1.54, 1.807) is 18.5 Å². The molecule has 2 aromatic carbocycles. The van der Waals surface area contributed by atoms with Crippen molar-refractivity contribution in [1.82, 2.24) is 39.6 Å². The molecular formula is C34H42F2N10O3. The highest BCUT2D eigenvalue weighted by atomic mass is 19.1. The molecule has 49 heavy (non-hydrogen) atoms. The Morgan fingerprint density at radius 2 is 1.51 bits per heavy atom. The summed E-state index contributed by atoms with van der Waals surface area (Å²) in [6.45, 7) is 3.42. The van der Waals surface area contributed by atoms with Gasteiger partial charge in [-0.2, -0.15) is 0 Å². The molecule has 13 nitrogen and oxygen atoms in total. The number of rotatable bonds is 12. The molecule has 0 saturated heterocycles. The number of nitrogens with one attached hydrogen (secondary N) is 2. The average Bonchev–Trinajstić information content (AvgIpc) is 3.48. The van der Waals surface area contributed by atoms with Crippen LogP contribution < -0.4 is 20.5 Å². The average molecular weight is 677 g/mol. The predicted octanol–water partition coefficient (Wildman–Crippen LogP) is 4.29. The number of imidazole rings is 1. The van der Waals surface area contributed by atoms with Gasteiger partial charge >= 0.3 is 0 Å². The maximum Gasteiger partial charge on any atom is 0.259 e. The van der Waals surface area contributed by atoms with Gasteiger partial charge in [-0.15, -0.1) is 0 Å². The number of carbonyl (C=O) groups excluding carboxylic acids is 1. The molecule has 0 aliphatic rings. The van der Waals surface area contributed by atoms with Crippen LogP contribution in [-0.4, -0.2) is 108 Å². The Kier molecular flexibility index (Phi) is 12.5. The Hall–Kier alpha value is -5.25. The number of aromatic amines is 1. The number of carbonyl (C=O) groups is 1. The number of pyridine rings is 1. The molecule has 5 rings (SSSR count). The fraction of sp³-hybridized carbons (Fsp3) is 0.324. The first-order chi connectivity index (χ1) is 23.4. The number of hydrogen-bond acceptors (Lipinski definition) is 11. The molecule has 5 aromatic rings. The van der Waals surface area contributed by atoms with Gasteiger partial charge in [-0.05, 0) is 52.9 Å². The second-order valence-electron chi connectivity index (χ2n) is 11.8. The topological polar surface area (TPSA) is 151 Å². The van der Waals surface area contributed by atoms with Crippen molar-refractivity contribution in [2.75, 3.05) is 73.6 Å². The van der Waals surface area contributed by atoms with Crippen LogP contribution in [0.5, 0.6) is 11.5 Å². The number of aromatic nitrogens is 5. The van der Waals surface area contributed by atoms with E-state index in [0.29, 0.717) is 11.8 Å². The van der Waals surface area contributed by atoms with E-state index < -0.39 is 23.1 Å². The monoisotopic (exact) mass is 676 g/mol. The summed E-state index contributed by atoms with van der Waals surface area (Å²) in [5.41, 5.74) is 7.62. The van der Waals surface area contributed by atoms with E-state index in [-0.39, 0.29) is 33.7 Å². The van der Waals surface area contributed by atoms with Crippen molar-refractivity contribution in [1.29, 1.82) is 0 Å². The maximum atomic E-state index is 15.2. The van der Waals surface area contributed by atoms with Gasteiger partial charge in [-0.25, -0.2) is 18.7 Å². The standard InChI is InChI=1S/C28H30F2N6O3.C6H12N4/c1-35(2)12-13-36(3)16-17-6-9-22(33-15-17)34-28(37)19-8-7-18(26-27(19)32-11-10-31-26)23-24(29)20(38-4)14-21(39-5)25(23)30;1-10(2)4-5-3-8-6(7)9-5/h6-11,14-15H,12-13,16H2,1-5H3,(H,33,34,37);3H,4H2,1-2H3,(H3,7,8,9). The summed E-state index contributed by atoms with van der Waals surface area (Å²) < 4.78 is 40.6. The smallest absolute Gasteiger partial charge is 0.259 e. The normalized spacial score (nSPS) is 11.2. The minimum atomic E-state index is -0.920. The summed E-state index contributed by atoms with van der Waals surface area (Å²) in [4.78, 5) is 39.3. The highest BCUT2D eigenvalue weighted by molar-refractivity contribution is 6.13. The van der Waals surface area contributed by atoms with Crippen molar-refractivity contribution in [3.05, 3.63) is 83.6 Å². The number of amides is 1. The molecule has 0 bridgehead atoms. The maximum absolute atomic E-state index is 15.2. The number of fused-ring (bicyclic) bond motifs is 1. The number of nitrogens with zero attached hydrogens (tertiary/aromatic N) is 7. The lowest BCUT2D eigenvalue weighted by Crippen LogP contribution is -2.28. The lowest BCUT2D eigenvalue weighted by atomic mass is 9.98. The van der Waals surface area contributed by atoms with Crippen molar-refractivity contribution in [3.8, 4) is 22.6 Å². The van der Waals surface area contributed by atoms with Crippen molar-refractivity contribution in [2.24, 2.45) is 0 Å². The minimum absolute atomic E-state index is 0.0997. The third-order valence-electron chi connectivity index (χ3n) is 7.30. The second-order valence-corrected chi connectivity index (χ2v) is 11.8. The number of ether oxygens (including phenoxy) is 2. The van der Waals surface area contributed by atoms with Crippen LogP contribution in [0.25, 0.3) is 22.2 Å². The van der Waals surface area contributed by atoms with E-state index in [4.69, 9.17) is 15.2 Å². The fourth-order valence-corrected chi connectivity index (χ4v) is 4.90. The molecule has 3 heterocycles. The highest BCUT2D eigenvalue weighted by Gasteiger charge is 2.25. The first-order valence-corrected chi connectivity index (χ1v) is 15.3. The number of benzene rings is 2. The Labute approximate surface area is 284 Å². The van der Waals surface area contributed by atoms with E-state index >= 15 is 8.78 Å². The zero-order valence-electron chi connectivity index (χ0n) is 28.7. The highest BCUT2D eigenvalue weighted by Crippen LogP contribution is 2.40. The van der Waals surface area contributed by atoms with Crippen LogP contribution in [0.2, 0.25) is 0 Å². The molecule has 4 N–H and O–H groups in total. The van der Waals surface area contributed by atoms with E-state index in [1.807, 2.05) is 46.2 Å². The van der Waals surface area contributed by atoms with Gasteiger partial charge in [-0.1, -0.05) is 12.1 Å². The molecule has 0 atom stereocenters. The molecule has 15 heteroatoms. The first kappa shape index (κ1) is 36.6. The summed E-state index contributed by atoms with van der Waals surface area (Å²) in [5, 5.41) is 2.76. The molecule has 0 fully saturated rings. The third-order valence-corrected chi connectivity index (χ3v) is 7.30. The number of likely N-dealkylation sites (N-methyl/N-ethyl adjacent to an activating group) is 2. The molecule has 1 amide bonds. The van der Waals surface area contributed by atoms with Crippen LogP contribution in [-0.2, 0) is 13.1 Å². The molecule has 0 aliphatic carbocycles. The van der Waals surface area contributed by atoms with Crippen molar-refractivity contribution < 1.29 is 23.0 Å². The fourth-order valence-electron chi connectivity index (χ4n) is 4.90. The Bertz CT molecular complexity index is 1840. The molecule has 0 saturated carbocycles. The minimum Gasteiger partial charge on any atom is -0.494 e. The van der Waals surface area contributed by atoms with E-state index in [2.05, 4.69) is 40.0 Å². The summed E-state index contributed by atoms with van der Waals surface area (Å²) in [5.74, 6) is -1.87. The zero-order chi connectivity index (χ0) is 35.7. The van der Waals surface area contributed by atoms with Crippen molar-refractivity contribution >= 4 is 28.7 Å². The lowest BCUT2D eigenvalue weighted by molar-refractivity contribution is 0.102. The number of nitrogen functional groups attached to an aromatic ring is 1. The van der Waals surface area contributed by atoms with Gasteiger partial charge in [0.15, 0.2) is 29.1 Å². The van der Waals surface area contributed by atoms with Crippen molar-refractivity contribution in [2.45, 2.75) is 13.1 Å². The Balaban J connectivity index is 0.000000463. The van der Waals surface area contributed by atoms with E-state index in [0.717, 1.165) is 43.5 Å². The summed E-state index contributed by atoms with van der Waals surface area (Å²) >= 11 is 0. The largest absolute Gasteiger partial charge is 0.494 e. The molecule has 3 aromatic heterocycles. The molecule has 0 spiro atoms. The number of anilines is 2. The van der Waals surface area contributed by atoms with Gasteiger partial charge in [0.25, 0.3) is 5.91 Å². The number of nitrogens with two attached hydrogens (primary N) is 1. The van der Waals surface area contributed by atoms with Crippen LogP contribution in [0.1, 0.15) is 21.6 Å². The summed E-state index contributed by atoms with van der Waals surface area (Å²) in [7, 11) is 12.6. The number of H-pyrrole nitrogens is 1. The SMILES string of the molecule is CN(C)Cc1cnc(N)[nH]1.COc1cc(OC)c(F)c(-c2ccc(C(=O)Nc3ccc(CN(C)CCN(C)C)cn3)c3nccnc23)c1F. The van der Waals surface area contributed by atoms with Crippen LogP contribution in [0, 0.1) is 11.6 Å². The second kappa shape index (κ2) is 16.7. The number of hydrogen-bond donors (Lipinski definition) is 3. The van der Waals surface area contributed by atoms with E-state index in [9.17, 15) is 4.79 Å². The van der Waals surface area contributed by atoms with Crippen LogP contribution in [0.4, 0.5) is 20.5 Å².